The molecule has 2 bridgehead atoms. The molecule has 0 spiro atoms. The quantitative estimate of drug-likeness (QED) is 0.703. The Labute approximate surface area is 107 Å². The molecule has 1 N–H and O–H groups in total. The van der Waals surface area contributed by atoms with Crippen LogP contribution in [0.25, 0.3) is 0 Å². The monoisotopic (exact) mass is 251 g/mol. The third-order valence-electron chi connectivity index (χ3n) is 4.63. The second-order valence-corrected chi connectivity index (χ2v) is 5.78. The predicted octanol–water partition coefficient (Wildman–Crippen LogP) is -0.182. The Morgan fingerprint density at radius 3 is 2.50 bits per heavy atom. The van der Waals surface area contributed by atoms with Gasteiger partial charge in [-0.1, -0.05) is 0 Å². The van der Waals surface area contributed by atoms with Crippen LogP contribution in [0.4, 0.5) is 0 Å². The Morgan fingerprint density at radius 1 is 1.17 bits per heavy atom. The molecule has 2 amide bonds. The molecule has 0 saturated carbocycles. The highest BCUT2D eigenvalue weighted by Crippen LogP contribution is 2.31. The van der Waals surface area contributed by atoms with Crippen LogP contribution in [0.15, 0.2) is 0 Å². The van der Waals surface area contributed by atoms with Crippen molar-refractivity contribution in [3.63, 3.8) is 0 Å². The largest absolute Gasteiger partial charge is 0.345 e. The van der Waals surface area contributed by atoms with Gasteiger partial charge in [0.15, 0.2) is 0 Å². The number of amides is 2. The maximum absolute atomic E-state index is 12.4. The Balaban J connectivity index is 1.78. The second kappa shape index (κ2) is 4.53. The first-order valence-corrected chi connectivity index (χ1v) is 6.97. The number of carbonyl (C=O) groups is 2. The average Bonchev–Trinajstić information content (AvgIpc) is 2.51. The maximum atomic E-state index is 12.4. The summed E-state index contributed by atoms with van der Waals surface area (Å²) in [5.41, 5.74) is 0. The topological polar surface area (TPSA) is 52.7 Å². The number of carbonyl (C=O) groups excluding carboxylic acids is 2. The zero-order chi connectivity index (χ0) is 12.7. The van der Waals surface area contributed by atoms with E-state index in [-0.39, 0.29) is 17.9 Å². The van der Waals surface area contributed by atoms with Gasteiger partial charge in [-0.15, -0.1) is 0 Å². The first-order chi connectivity index (χ1) is 8.65. The lowest BCUT2D eigenvalue weighted by atomic mass is 9.83. The van der Waals surface area contributed by atoms with Gasteiger partial charge in [0.05, 0.1) is 0 Å². The highest BCUT2D eigenvalue weighted by atomic mass is 16.2. The third kappa shape index (κ3) is 2.00. The Kier molecular flexibility index (Phi) is 3.01. The van der Waals surface area contributed by atoms with Crippen LogP contribution >= 0.6 is 0 Å². The van der Waals surface area contributed by atoms with Gasteiger partial charge in [0.2, 0.25) is 11.8 Å². The summed E-state index contributed by atoms with van der Waals surface area (Å²) in [6.07, 6.45) is 2.84. The van der Waals surface area contributed by atoms with Gasteiger partial charge in [0, 0.05) is 25.6 Å². The average molecular weight is 251 g/mol. The lowest BCUT2D eigenvalue weighted by molar-refractivity contribution is -0.139. The van der Waals surface area contributed by atoms with Crippen molar-refractivity contribution in [3.05, 3.63) is 0 Å². The van der Waals surface area contributed by atoms with Gasteiger partial charge in [-0.2, -0.15) is 0 Å². The van der Waals surface area contributed by atoms with Gasteiger partial charge in [-0.25, -0.2) is 0 Å². The summed E-state index contributed by atoms with van der Waals surface area (Å²) in [5.74, 6) is 0.735. The van der Waals surface area contributed by atoms with Crippen LogP contribution in [-0.4, -0.2) is 59.9 Å². The minimum Gasteiger partial charge on any atom is -0.345 e. The van der Waals surface area contributed by atoms with Crippen LogP contribution in [0.2, 0.25) is 0 Å². The van der Waals surface area contributed by atoms with Crippen molar-refractivity contribution in [1.82, 2.24) is 15.1 Å². The van der Waals surface area contributed by atoms with Crippen molar-refractivity contribution in [2.24, 2.45) is 5.92 Å². The molecule has 5 nitrogen and oxygen atoms in total. The number of nitrogens with one attached hydrogen (secondary N) is 1. The standard InChI is InChI=1S/C13H21N3O2/c1-9-13(18)16(7-4-12(17)14-9)11-8-15-5-2-10(11)3-6-15/h9-11H,2-8H2,1H3,(H,14,17). The number of piperidine rings is 3. The molecule has 2 atom stereocenters. The van der Waals surface area contributed by atoms with Crippen molar-refractivity contribution in [1.29, 1.82) is 0 Å². The molecule has 0 aliphatic carbocycles. The smallest absolute Gasteiger partial charge is 0.245 e. The zero-order valence-corrected chi connectivity index (χ0v) is 10.9. The number of fused-ring (bicyclic) bond motifs is 3. The minimum absolute atomic E-state index is 0.000347. The summed E-state index contributed by atoms with van der Waals surface area (Å²) >= 11 is 0. The molecule has 4 aliphatic rings. The summed E-state index contributed by atoms with van der Waals surface area (Å²) in [5, 5.41) is 2.76. The Hall–Kier alpha value is -1.10. The molecule has 5 heteroatoms. The first-order valence-electron chi connectivity index (χ1n) is 6.97. The van der Waals surface area contributed by atoms with E-state index in [1.807, 2.05) is 4.90 Å². The van der Waals surface area contributed by atoms with Gasteiger partial charge >= 0.3 is 0 Å². The van der Waals surface area contributed by atoms with E-state index in [9.17, 15) is 9.59 Å². The molecule has 18 heavy (non-hydrogen) atoms. The van der Waals surface area contributed by atoms with Crippen LogP contribution in [0.3, 0.4) is 0 Å². The molecule has 4 heterocycles. The number of nitrogens with zero attached hydrogens (tertiary/aromatic N) is 2. The van der Waals surface area contributed by atoms with Gasteiger partial charge in [-0.3, -0.25) is 9.59 Å². The normalized spacial score (nSPS) is 40.6. The molecule has 4 saturated heterocycles. The lowest BCUT2D eigenvalue weighted by Crippen LogP contribution is -2.60. The van der Waals surface area contributed by atoms with E-state index in [0.29, 0.717) is 24.9 Å². The molecule has 0 aromatic heterocycles. The van der Waals surface area contributed by atoms with Crippen molar-refractivity contribution in [2.75, 3.05) is 26.2 Å². The van der Waals surface area contributed by atoms with Gasteiger partial charge in [-0.05, 0) is 38.8 Å². The van der Waals surface area contributed by atoms with E-state index in [1.54, 1.807) is 6.92 Å². The first kappa shape index (κ1) is 12.0. The fraction of sp³-hybridized carbons (Fsp3) is 0.846. The summed E-state index contributed by atoms with van der Waals surface area (Å²) in [7, 11) is 0. The van der Waals surface area contributed by atoms with Crippen LogP contribution in [0.5, 0.6) is 0 Å². The van der Waals surface area contributed by atoms with E-state index < -0.39 is 0 Å². The molecular weight excluding hydrogens is 230 g/mol. The van der Waals surface area contributed by atoms with E-state index in [0.717, 1.165) is 6.54 Å². The van der Waals surface area contributed by atoms with E-state index in [1.165, 1.54) is 25.9 Å². The van der Waals surface area contributed by atoms with E-state index in [2.05, 4.69) is 10.2 Å². The fourth-order valence-corrected chi connectivity index (χ4v) is 3.57. The van der Waals surface area contributed by atoms with Crippen LogP contribution < -0.4 is 5.32 Å². The lowest BCUT2D eigenvalue weighted by Gasteiger charge is -2.49. The minimum atomic E-state index is -0.365. The van der Waals surface area contributed by atoms with Crippen LogP contribution in [0.1, 0.15) is 26.2 Å². The second-order valence-electron chi connectivity index (χ2n) is 5.78. The highest BCUT2D eigenvalue weighted by Gasteiger charge is 2.41. The zero-order valence-electron chi connectivity index (χ0n) is 10.9. The van der Waals surface area contributed by atoms with E-state index in [4.69, 9.17) is 0 Å². The Bertz CT molecular complexity index is 363. The van der Waals surface area contributed by atoms with Crippen molar-refractivity contribution >= 4 is 11.8 Å². The van der Waals surface area contributed by atoms with Crippen LogP contribution in [-0.2, 0) is 9.59 Å². The molecule has 0 radical (unpaired) electrons. The van der Waals surface area contributed by atoms with Crippen molar-refractivity contribution in [3.8, 4) is 0 Å². The molecule has 0 aromatic rings. The van der Waals surface area contributed by atoms with Gasteiger partial charge in [0.1, 0.15) is 6.04 Å². The van der Waals surface area contributed by atoms with Crippen molar-refractivity contribution in [2.45, 2.75) is 38.3 Å². The number of rotatable bonds is 1. The molecule has 4 aliphatic heterocycles. The third-order valence-corrected chi connectivity index (χ3v) is 4.63. The SMILES string of the molecule is CC1NC(=O)CCN(C2CN3CCC2CC3)C1=O. The van der Waals surface area contributed by atoms with Crippen molar-refractivity contribution < 1.29 is 9.59 Å². The number of hydrogen-bond acceptors (Lipinski definition) is 3. The molecule has 100 valence electrons. The summed E-state index contributed by atoms with van der Waals surface area (Å²) < 4.78 is 0. The predicted molar refractivity (Wildman–Crippen MR) is 66.9 cm³/mol. The fourth-order valence-electron chi connectivity index (χ4n) is 3.57. The summed E-state index contributed by atoms with van der Waals surface area (Å²) in [6, 6.07) is -0.0365. The van der Waals surface area contributed by atoms with Gasteiger partial charge in [0.25, 0.3) is 0 Å². The summed E-state index contributed by atoms with van der Waals surface area (Å²) in [4.78, 5) is 28.3. The molecule has 4 fully saturated rings. The van der Waals surface area contributed by atoms with E-state index >= 15 is 0 Å². The maximum Gasteiger partial charge on any atom is 0.245 e. The molecule has 2 unspecified atom stereocenters. The Morgan fingerprint density at radius 2 is 1.89 bits per heavy atom. The van der Waals surface area contributed by atoms with Crippen LogP contribution in [0, 0.1) is 5.92 Å². The van der Waals surface area contributed by atoms with Gasteiger partial charge < -0.3 is 15.1 Å². The highest BCUT2D eigenvalue weighted by molar-refractivity contribution is 5.89. The molecular formula is C13H21N3O2. The summed E-state index contributed by atoms with van der Waals surface area (Å²) in [6.45, 7) is 5.73. The molecule has 0 aromatic carbocycles. The molecule has 4 rings (SSSR count). The number of hydrogen-bond donors (Lipinski definition) is 1.